The average Bonchev–Trinajstić information content (AvgIpc) is 3.18. The lowest BCUT2D eigenvalue weighted by Crippen LogP contribution is -2.50. The Morgan fingerprint density at radius 1 is 1.33 bits per heavy atom. The van der Waals surface area contributed by atoms with Crippen molar-refractivity contribution in [2.75, 3.05) is 20.2 Å². The van der Waals surface area contributed by atoms with Gasteiger partial charge in [0.05, 0.1) is 19.3 Å². The smallest absolute Gasteiger partial charge is 0.418 e. The summed E-state index contributed by atoms with van der Waals surface area (Å²) < 4.78 is 39.4. The molecule has 3 amide bonds. The van der Waals surface area contributed by atoms with Crippen LogP contribution in [-0.2, 0) is 33.8 Å². The number of hydrogen-bond donors (Lipinski definition) is 3. The van der Waals surface area contributed by atoms with E-state index in [9.17, 15) is 22.8 Å². The van der Waals surface area contributed by atoms with E-state index in [2.05, 4.69) is 19.8 Å². The molecule has 2 bridgehead atoms. The van der Waals surface area contributed by atoms with E-state index in [0.717, 1.165) is 4.90 Å². The summed E-state index contributed by atoms with van der Waals surface area (Å²) in [6.07, 6.45) is 0.455. The lowest BCUT2D eigenvalue weighted by atomic mass is 10.0. The molecule has 0 aromatic rings. The largest absolute Gasteiger partial charge is 0.468 e. The molecule has 0 aliphatic carbocycles. The van der Waals surface area contributed by atoms with E-state index in [4.69, 9.17) is 9.39 Å². The molecular weight excluding hydrogens is 388 g/mol. The maximum absolute atomic E-state index is 12.4. The fraction of sp³-hybridized carbons (Fsp3) is 0.769. The van der Waals surface area contributed by atoms with E-state index in [0.29, 0.717) is 24.4 Å². The van der Waals surface area contributed by atoms with E-state index in [1.165, 1.54) is 7.11 Å². The van der Waals surface area contributed by atoms with Crippen LogP contribution in [0, 0.1) is 0 Å². The Hall–Kier alpha value is -2.00. The van der Waals surface area contributed by atoms with Crippen LogP contribution in [0.1, 0.15) is 19.3 Å². The number of ether oxygens (including phenoxy) is 1. The molecule has 0 saturated carbocycles. The van der Waals surface area contributed by atoms with Crippen molar-refractivity contribution in [3.05, 3.63) is 0 Å². The second-order valence-electron chi connectivity index (χ2n) is 6.44. The molecule has 3 heterocycles. The van der Waals surface area contributed by atoms with Crippen molar-refractivity contribution in [2.45, 2.75) is 43.5 Å². The first-order valence-electron chi connectivity index (χ1n) is 8.23. The highest BCUT2D eigenvalue weighted by atomic mass is 32.3. The molecule has 0 radical (unpaired) electrons. The number of fused-ring (bicyclic) bond motifs is 2. The fourth-order valence-electron chi connectivity index (χ4n) is 3.43. The van der Waals surface area contributed by atoms with Crippen LogP contribution in [-0.4, -0.2) is 85.3 Å². The van der Waals surface area contributed by atoms with Crippen LogP contribution in [0.2, 0.25) is 0 Å². The van der Waals surface area contributed by atoms with E-state index in [1.807, 2.05) is 0 Å². The second-order valence-corrected chi connectivity index (χ2v) is 7.44. The summed E-state index contributed by atoms with van der Waals surface area (Å²) in [4.78, 5) is 42.5. The summed E-state index contributed by atoms with van der Waals surface area (Å²) in [5.41, 5.74) is 2.29. The first kappa shape index (κ1) is 19.8. The Kier molecular flexibility index (Phi) is 5.53. The molecule has 152 valence electrons. The monoisotopic (exact) mass is 408 g/mol. The highest BCUT2D eigenvalue weighted by molar-refractivity contribution is 7.80. The Bertz CT molecular complexity index is 729. The first-order valence-corrected chi connectivity index (χ1v) is 9.59. The normalized spacial score (nSPS) is 30.5. The van der Waals surface area contributed by atoms with Gasteiger partial charge in [0.2, 0.25) is 0 Å². The summed E-state index contributed by atoms with van der Waals surface area (Å²) in [5.74, 6) is -0.996. The molecule has 3 fully saturated rings. The number of piperidine rings is 1. The van der Waals surface area contributed by atoms with Gasteiger partial charge in [0.25, 0.3) is 5.91 Å². The number of rotatable bonds is 6. The zero-order valence-corrected chi connectivity index (χ0v) is 15.2. The number of hydrogen-bond acceptors (Lipinski definition) is 9. The van der Waals surface area contributed by atoms with Crippen molar-refractivity contribution < 1.29 is 41.2 Å². The number of urea groups is 1. The maximum Gasteiger partial charge on any atom is 0.418 e. The second kappa shape index (κ2) is 7.55. The van der Waals surface area contributed by atoms with Gasteiger partial charge >= 0.3 is 22.4 Å². The summed E-state index contributed by atoms with van der Waals surface area (Å²) in [6.45, 7) is 0.424. The standard InChI is InChI=1S/C13H20N4O9S/c1-24-12(19)9-4-8(5-14-9)25-15-11(18)10-3-2-7-6-16(10)13(20)17(7)26-27(21,22)23/h7-10,14H,2-6H2,1H3,(H,15,18)(H,21,22,23)/t7-,8?,9?,10+/m1/s1. The Labute approximate surface area is 154 Å². The molecular formula is C13H20N4O9S. The fourth-order valence-corrected chi connectivity index (χ4v) is 3.82. The van der Waals surface area contributed by atoms with Crippen molar-refractivity contribution in [1.82, 2.24) is 20.8 Å². The van der Waals surface area contributed by atoms with Crippen LogP contribution in [0.25, 0.3) is 0 Å². The quantitative estimate of drug-likeness (QED) is 0.253. The van der Waals surface area contributed by atoms with Gasteiger partial charge in [-0.15, -0.1) is 4.28 Å². The topological polar surface area (TPSA) is 164 Å². The van der Waals surface area contributed by atoms with Crippen molar-refractivity contribution >= 4 is 28.3 Å². The number of carbonyl (C=O) groups excluding carboxylic acids is 3. The summed E-state index contributed by atoms with van der Waals surface area (Å²) in [5, 5.41) is 3.46. The lowest BCUT2D eigenvalue weighted by molar-refractivity contribution is -0.144. The minimum atomic E-state index is -4.84. The first-order chi connectivity index (χ1) is 12.7. The van der Waals surface area contributed by atoms with Crippen LogP contribution in [0.5, 0.6) is 0 Å². The average molecular weight is 408 g/mol. The molecule has 2 unspecified atom stereocenters. The van der Waals surface area contributed by atoms with Gasteiger partial charge in [0.1, 0.15) is 12.1 Å². The van der Waals surface area contributed by atoms with E-state index < -0.39 is 52.5 Å². The van der Waals surface area contributed by atoms with Crippen LogP contribution >= 0.6 is 0 Å². The van der Waals surface area contributed by atoms with Gasteiger partial charge in [0, 0.05) is 19.5 Å². The lowest BCUT2D eigenvalue weighted by Gasteiger charge is -2.29. The SMILES string of the molecule is COC(=O)C1CC(ONC(=O)[C@@H]2CC[C@@H]3CN2C(=O)N3OS(=O)(=O)O)CN1. The molecule has 0 spiro atoms. The van der Waals surface area contributed by atoms with Crippen molar-refractivity contribution in [2.24, 2.45) is 0 Å². The van der Waals surface area contributed by atoms with Gasteiger partial charge in [-0.25, -0.2) is 10.3 Å². The highest BCUT2D eigenvalue weighted by Gasteiger charge is 2.49. The van der Waals surface area contributed by atoms with Gasteiger partial charge in [-0.3, -0.25) is 19.0 Å². The predicted molar refractivity (Wildman–Crippen MR) is 84.8 cm³/mol. The molecule has 3 aliphatic rings. The summed E-state index contributed by atoms with van der Waals surface area (Å²) >= 11 is 0. The van der Waals surface area contributed by atoms with Gasteiger partial charge in [0.15, 0.2) is 0 Å². The molecule has 3 N–H and O–H groups in total. The molecule has 3 saturated heterocycles. The number of methoxy groups -OCH3 is 1. The number of amides is 3. The van der Waals surface area contributed by atoms with Crippen molar-refractivity contribution in [3.63, 3.8) is 0 Å². The number of nitrogens with one attached hydrogen (secondary N) is 2. The molecule has 3 aliphatic heterocycles. The van der Waals surface area contributed by atoms with E-state index in [1.54, 1.807) is 0 Å². The maximum atomic E-state index is 12.4. The number of esters is 1. The molecule has 27 heavy (non-hydrogen) atoms. The Morgan fingerprint density at radius 3 is 2.74 bits per heavy atom. The third-order valence-electron chi connectivity index (χ3n) is 4.70. The number of nitrogens with zero attached hydrogens (tertiary/aromatic N) is 2. The van der Waals surface area contributed by atoms with E-state index >= 15 is 0 Å². The van der Waals surface area contributed by atoms with Gasteiger partial charge in [-0.2, -0.15) is 13.5 Å². The molecule has 13 nitrogen and oxygen atoms in total. The molecule has 0 aromatic heterocycles. The molecule has 3 rings (SSSR count). The van der Waals surface area contributed by atoms with E-state index in [-0.39, 0.29) is 13.0 Å². The molecule has 14 heteroatoms. The van der Waals surface area contributed by atoms with Crippen LogP contribution in [0.4, 0.5) is 4.79 Å². The number of hydroxylamine groups is 3. The van der Waals surface area contributed by atoms with Gasteiger partial charge in [-0.05, 0) is 12.8 Å². The number of carbonyl (C=O) groups is 3. The van der Waals surface area contributed by atoms with Crippen molar-refractivity contribution in [1.29, 1.82) is 0 Å². The predicted octanol–water partition coefficient (Wildman–Crippen LogP) is -2.06. The zero-order valence-electron chi connectivity index (χ0n) is 14.4. The summed E-state index contributed by atoms with van der Waals surface area (Å²) in [6, 6.07) is -2.79. The minimum absolute atomic E-state index is 0.0852. The summed E-state index contributed by atoms with van der Waals surface area (Å²) in [7, 11) is -3.57. The zero-order chi connectivity index (χ0) is 19.8. The third kappa shape index (κ3) is 4.30. The van der Waals surface area contributed by atoms with Gasteiger partial charge < -0.3 is 15.0 Å². The van der Waals surface area contributed by atoms with Crippen LogP contribution < -0.4 is 10.8 Å². The highest BCUT2D eigenvalue weighted by Crippen LogP contribution is 2.30. The Balaban J connectivity index is 1.53. The third-order valence-corrected chi connectivity index (χ3v) is 5.05. The van der Waals surface area contributed by atoms with Crippen LogP contribution in [0.15, 0.2) is 0 Å². The Morgan fingerprint density at radius 2 is 2.07 bits per heavy atom. The van der Waals surface area contributed by atoms with Gasteiger partial charge in [-0.1, -0.05) is 0 Å². The minimum Gasteiger partial charge on any atom is -0.468 e. The van der Waals surface area contributed by atoms with Crippen molar-refractivity contribution in [3.8, 4) is 0 Å². The molecule has 0 aromatic carbocycles. The van der Waals surface area contributed by atoms with Crippen LogP contribution in [0.3, 0.4) is 0 Å². The molecule has 4 atom stereocenters.